The number of rotatable bonds is 4. The number of sulfonamides is 1. The summed E-state index contributed by atoms with van der Waals surface area (Å²) in [6.07, 6.45) is 0. The van der Waals surface area contributed by atoms with E-state index in [4.69, 9.17) is 5.14 Å². The summed E-state index contributed by atoms with van der Waals surface area (Å²) in [5, 5.41) is 4.96. The van der Waals surface area contributed by atoms with E-state index in [1.165, 1.54) is 0 Å². The molecule has 0 radical (unpaired) electrons. The van der Waals surface area contributed by atoms with Crippen molar-refractivity contribution in [3.63, 3.8) is 0 Å². The van der Waals surface area contributed by atoms with Gasteiger partial charge in [-0.25, -0.2) is 13.6 Å². The van der Waals surface area contributed by atoms with Gasteiger partial charge in [-0.05, 0) is 12.1 Å². The van der Waals surface area contributed by atoms with Gasteiger partial charge in [0.15, 0.2) is 5.78 Å². The first kappa shape index (κ1) is 12.9. The van der Waals surface area contributed by atoms with Gasteiger partial charge in [0.2, 0.25) is 10.0 Å². The van der Waals surface area contributed by atoms with Crippen LogP contribution in [0.5, 0.6) is 0 Å². The number of ketones is 1. The van der Waals surface area contributed by atoms with Crippen molar-refractivity contribution in [3.05, 3.63) is 23.5 Å². The lowest BCUT2D eigenvalue weighted by Gasteiger charge is -2.08. The summed E-state index contributed by atoms with van der Waals surface area (Å²) in [5.41, 5.74) is 1.03. The molecule has 5 nitrogen and oxygen atoms in total. The van der Waals surface area contributed by atoms with E-state index >= 15 is 0 Å². The summed E-state index contributed by atoms with van der Waals surface area (Å²) in [7, 11) is -1.90. The first-order valence-electron chi connectivity index (χ1n) is 4.91. The highest BCUT2D eigenvalue weighted by molar-refractivity contribution is 7.88. The molecule has 6 heteroatoms. The molecule has 0 aliphatic carbocycles. The Morgan fingerprint density at radius 2 is 2.00 bits per heavy atom. The van der Waals surface area contributed by atoms with E-state index in [9.17, 15) is 13.2 Å². The van der Waals surface area contributed by atoms with E-state index in [1.807, 2.05) is 0 Å². The summed E-state index contributed by atoms with van der Waals surface area (Å²) in [6.45, 7) is 3.60. The SMILES string of the molecule is CC(C)C(=O)c1ccc(CS(N)(=O)=O)n1C. The molecule has 0 saturated carbocycles. The Kier molecular flexibility index (Phi) is 3.54. The minimum Gasteiger partial charge on any atom is -0.344 e. The largest absolute Gasteiger partial charge is 0.344 e. The molecule has 0 saturated heterocycles. The molecule has 1 heterocycles. The topological polar surface area (TPSA) is 82.2 Å². The molecule has 1 aromatic heterocycles. The molecule has 16 heavy (non-hydrogen) atoms. The Balaban J connectivity index is 3.07. The second kappa shape index (κ2) is 4.39. The second-order valence-corrected chi connectivity index (χ2v) is 5.71. The minimum atomic E-state index is -3.56. The van der Waals surface area contributed by atoms with Crippen molar-refractivity contribution in [1.29, 1.82) is 0 Å². The predicted molar refractivity (Wildman–Crippen MR) is 61.4 cm³/mol. The lowest BCUT2D eigenvalue weighted by atomic mass is 10.1. The molecule has 0 aliphatic heterocycles. The molecular weight excluding hydrogens is 228 g/mol. The van der Waals surface area contributed by atoms with Crippen LogP contribution in [0.25, 0.3) is 0 Å². The van der Waals surface area contributed by atoms with Gasteiger partial charge in [0.25, 0.3) is 0 Å². The van der Waals surface area contributed by atoms with Crippen LogP contribution < -0.4 is 5.14 Å². The maximum Gasteiger partial charge on any atom is 0.214 e. The van der Waals surface area contributed by atoms with Crippen molar-refractivity contribution in [2.75, 3.05) is 0 Å². The Morgan fingerprint density at radius 1 is 1.44 bits per heavy atom. The van der Waals surface area contributed by atoms with Gasteiger partial charge in [-0.15, -0.1) is 0 Å². The van der Waals surface area contributed by atoms with Crippen LogP contribution in [-0.4, -0.2) is 18.8 Å². The zero-order valence-electron chi connectivity index (χ0n) is 9.60. The molecule has 0 atom stereocenters. The highest BCUT2D eigenvalue weighted by Gasteiger charge is 2.17. The highest BCUT2D eigenvalue weighted by atomic mass is 32.2. The molecule has 1 rings (SSSR count). The van der Waals surface area contributed by atoms with Crippen LogP contribution in [-0.2, 0) is 22.8 Å². The summed E-state index contributed by atoms with van der Waals surface area (Å²) >= 11 is 0. The molecule has 0 spiro atoms. The Labute approximate surface area is 95.3 Å². The van der Waals surface area contributed by atoms with E-state index in [0.29, 0.717) is 11.4 Å². The number of hydrogen-bond acceptors (Lipinski definition) is 3. The lowest BCUT2D eigenvalue weighted by Crippen LogP contribution is -2.18. The summed E-state index contributed by atoms with van der Waals surface area (Å²) < 4.78 is 23.5. The van der Waals surface area contributed by atoms with Crippen LogP contribution in [0, 0.1) is 5.92 Å². The van der Waals surface area contributed by atoms with E-state index in [-0.39, 0.29) is 17.5 Å². The van der Waals surface area contributed by atoms with Crippen LogP contribution in [0.2, 0.25) is 0 Å². The fraction of sp³-hybridized carbons (Fsp3) is 0.500. The minimum absolute atomic E-state index is 0.0110. The van der Waals surface area contributed by atoms with E-state index in [1.54, 1.807) is 37.6 Å². The van der Waals surface area contributed by atoms with Gasteiger partial charge < -0.3 is 4.57 Å². The Bertz CT molecular complexity index is 500. The number of nitrogens with two attached hydrogens (primary N) is 1. The fourth-order valence-corrected chi connectivity index (χ4v) is 2.15. The molecule has 0 fully saturated rings. The maximum atomic E-state index is 11.7. The van der Waals surface area contributed by atoms with Crippen LogP contribution in [0.3, 0.4) is 0 Å². The third-order valence-corrected chi connectivity index (χ3v) is 3.05. The van der Waals surface area contributed by atoms with Gasteiger partial charge in [-0.2, -0.15) is 0 Å². The average Bonchev–Trinajstić information content (AvgIpc) is 2.44. The second-order valence-electron chi connectivity index (χ2n) is 4.10. The number of carbonyl (C=O) groups is 1. The van der Waals surface area contributed by atoms with E-state index in [0.717, 1.165) is 0 Å². The number of carbonyl (C=O) groups excluding carboxylic acids is 1. The number of Topliss-reactive ketones (excluding diaryl/α,β-unsaturated/α-hetero) is 1. The fourth-order valence-electron chi connectivity index (χ4n) is 1.45. The molecule has 0 aliphatic rings. The van der Waals surface area contributed by atoms with Crippen LogP contribution in [0.15, 0.2) is 12.1 Å². The first-order chi connectivity index (χ1) is 7.22. The van der Waals surface area contributed by atoms with Crippen molar-refractivity contribution in [2.45, 2.75) is 19.6 Å². The van der Waals surface area contributed by atoms with Crippen molar-refractivity contribution >= 4 is 15.8 Å². The van der Waals surface area contributed by atoms with Gasteiger partial charge in [-0.1, -0.05) is 13.8 Å². The number of hydrogen-bond donors (Lipinski definition) is 1. The molecular formula is C10H16N2O3S. The van der Waals surface area contributed by atoms with Crippen molar-refractivity contribution < 1.29 is 13.2 Å². The molecule has 0 amide bonds. The predicted octanol–water partition coefficient (Wildman–Crippen LogP) is 0.652. The van der Waals surface area contributed by atoms with Gasteiger partial charge in [0.1, 0.15) is 5.75 Å². The van der Waals surface area contributed by atoms with Gasteiger partial charge in [0.05, 0.1) is 5.69 Å². The van der Waals surface area contributed by atoms with Gasteiger partial charge in [0, 0.05) is 18.7 Å². The molecule has 0 bridgehead atoms. The summed E-state index contributed by atoms with van der Waals surface area (Å²) in [6, 6.07) is 3.24. The zero-order chi connectivity index (χ0) is 12.5. The molecule has 90 valence electrons. The monoisotopic (exact) mass is 244 g/mol. The maximum absolute atomic E-state index is 11.7. The molecule has 0 aromatic carbocycles. The first-order valence-corrected chi connectivity index (χ1v) is 6.63. The normalized spacial score (nSPS) is 12.1. The smallest absolute Gasteiger partial charge is 0.214 e. The standard InChI is InChI=1S/C10H16N2O3S/c1-7(2)10(13)9-5-4-8(12(9)3)6-16(11,14)15/h4-5,7H,6H2,1-3H3,(H2,11,14,15). The van der Waals surface area contributed by atoms with Crippen LogP contribution >= 0.6 is 0 Å². The Hall–Kier alpha value is -1.14. The van der Waals surface area contributed by atoms with E-state index in [2.05, 4.69) is 0 Å². The quantitative estimate of drug-likeness (QED) is 0.789. The van der Waals surface area contributed by atoms with Crippen LogP contribution in [0.1, 0.15) is 30.0 Å². The van der Waals surface area contributed by atoms with Crippen molar-refractivity contribution in [1.82, 2.24) is 4.57 Å². The number of aromatic nitrogens is 1. The zero-order valence-corrected chi connectivity index (χ0v) is 10.4. The number of primary sulfonamides is 1. The highest BCUT2D eigenvalue weighted by Crippen LogP contribution is 2.13. The van der Waals surface area contributed by atoms with Crippen molar-refractivity contribution in [2.24, 2.45) is 18.1 Å². The average molecular weight is 244 g/mol. The summed E-state index contributed by atoms with van der Waals surface area (Å²) in [5.74, 6) is -0.381. The third-order valence-electron chi connectivity index (χ3n) is 2.35. The molecule has 2 N–H and O–H groups in total. The molecule has 0 unspecified atom stereocenters. The lowest BCUT2D eigenvalue weighted by molar-refractivity contribution is 0.0931. The molecule has 1 aromatic rings. The van der Waals surface area contributed by atoms with E-state index < -0.39 is 10.0 Å². The van der Waals surface area contributed by atoms with Crippen LogP contribution in [0.4, 0.5) is 0 Å². The van der Waals surface area contributed by atoms with Crippen molar-refractivity contribution in [3.8, 4) is 0 Å². The summed E-state index contributed by atoms with van der Waals surface area (Å²) in [4.78, 5) is 11.7. The van der Waals surface area contributed by atoms with Gasteiger partial charge >= 0.3 is 0 Å². The number of nitrogens with zero attached hydrogens (tertiary/aromatic N) is 1. The van der Waals surface area contributed by atoms with Gasteiger partial charge in [-0.3, -0.25) is 4.79 Å². The third kappa shape index (κ3) is 2.93. The Morgan fingerprint density at radius 3 is 2.44 bits per heavy atom.